The molecule has 3 saturated carbocycles. The summed E-state index contributed by atoms with van der Waals surface area (Å²) < 4.78 is 1.17. The highest BCUT2D eigenvalue weighted by atomic mass is 79.9. The summed E-state index contributed by atoms with van der Waals surface area (Å²) in [5, 5.41) is 3.85. The van der Waals surface area contributed by atoms with Crippen LogP contribution in [0.25, 0.3) is 0 Å². The SMILES string of the molecule is Brc1ccc(CNC2CC3CC2C2CCCC32)cc1. The summed E-state index contributed by atoms with van der Waals surface area (Å²) in [5.74, 6) is 4.23. The first-order chi connectivity index (χ1) is 9.31. The Balaban J connectivity index is 1.38. The monoisotopic (exact) mass is 319 g/mol. The molecule has 3 fully saturated rings. The van der Waals surface area contributed by atoms with E-state index < -0.39 is 0 Å². The van der Waals surface area contributed by atoms with Gasteiger partial charge in [-0.15, -0.1) is 0 Å². The molecule has 0 radical (unpaired) electrons. The van der Waals surface area contributed by atoms with Crippen LogP contribution in [0.5, 0.6) is 0 Å². The normalized spacial score (nSPS) is 39.7. The van der Waals surface area contributed by atoms with Crippen LogP contribution in [0.15, 0.2) is 28.7 Å². The van der Waals surface area contributed by atoms with Gasteiger partial charge in [0.05, 0.1) is 0 Å². The number of rotatable bonds is 3. The van der Waals surface area contributed by atoms with E-state index >= 15 is 0 Å². The van der Waals surface area contributed by atoms with Crippen molar-refractivity contribution in [2.75, 3.05) is 0 Å². The summed E-state index contributed by atoms with van der Waals surface area (Å²) in [4.78, 5) is 0. The van der Waals surface area contributed by atoms with Crippen LogP contribution in [0.1, 0.15) is 37.7 Å². The molecule has 19 heavy (non-hydrogen) atoms. The molecule has 1 aromatic rings. The smallest absolute Gasteiger partial charge is 0.0208 e. The average Bonchev–Trinajstić information content (AvgIpc) is 3.10. The van der Waals surface area contributed by atoms with Gasteiger partial charge in [0.1, 0.15) is 0 Å². The zero-order valence-corrected chi connectivity index (χ0v) is 12.9. The van der Waals surface area contributed by atoms with Gasteiger partial charge in [0.2, 0.25) is 0 Å². The first kappa shape index (κ1) is 12.4. The third kappa shape index (κ3) is 2.17. The van der Waals surface area contributed by atoms with Crippen LogP contribution in [-0.4, -0.2) is 6.04 Å². The molecule has 0 spiro atoms. The largest absolute Gasteiger partial charge is 0.310 e. The van der Waals surface area contributed by atoms with Crippen molar-refractivity contribution in [2.24, 2.45) is 23.7 Å². The molecule has 0 amide bonds. The van der Waals surface area contributed by atoms with Crippen LogP contribution in [0.4, 0.5) is 0 Å². The Hall–Kier alpha value is -0.340. The van der Waals surface area contributed by atoms with Gasteiger partial charge in [0.15, 0.2) is 0 Å². The van der Waals surface area contributed by atoms with Gasteiger partial charge in [0.25, 0.3) is 0 Å². The molecule has 1 N–H and O–H groups in total. The maximum Gasteiger partial charge on any atom is 0.0208 e. The van der Waals surface area contributed by atoms with E-state index in [1.54, 1.807) is 0 Å². The van der Waals surface area contributed by atoms with Crippen molar-refractivity contribution in [3.05, 3.63) is 34.3 Å². The lowest BCUT2D eigenvalue weighted by molar-refractivity contribution is 0.208. The second kappa shape index (κ2) is 4.89. The lowest BCUT2D eigenvalue weighted by Gasteiger charge is -2.32. The predicted octanol–water partition coefficient (Wildman–Crippen LogP) is 4.36. The minimum Gasteiger partial charge on any atom is -0.310 e. The Labute approximate surface area is 124 Å². The summed E-state index contributed by atoms with van der Waals surface area (Å²) >= 11 is 3.50. The van der Waals surface area contributed by atoms with E-state index in [0.717, 1.165) is 36.3 Å². The minimum absolute atomic E-state index is 0.799. The van der Waals surface area contributed by atoms with Gasteiger partial charge < -0.3 is 5.32 Å². The summed E-state index contributed by atoms with van der Waals surface area (Å²) in [7, 11) is 0. The van der Waals surface area contributed by atoms with Crippen molar-refractivity contribution < 1.29 is 0 Å². The molecule has 3 aliphatic carbocycles. The van der Waals surface area contributed by atoms with Crippen molar-refractivity contribution >= 4 is 15.9 Å². The van der Waals surface area contributed by atoms with Crippen molar-refractivity contribution in [1.82, 2.24) is 5.32 Å². The van der Waals surface area contributed by atoms with E-state index in [-0.39, 0.29) is 0 Å². The molecule has 102 valence electrons. The van der Waals surface area contributed by atoms with Gasteiger partial charge >= 0.3 is 0 Å². The van der Waals surface area contributed by atoms with Crippen LogP contribution in [0.2, 0.25) is 0 Å². The predicted molar refractivity (Wildman–Crippen MR) is 81.8 cm³/mol. The second-order valence-corrected chi connectivity index (χ2v) is 7.68. The Bertz CT molecular complexity index is 455. The van der Waals surface area contributed by atoms with Crippen molar-refractivity contribution in [1.29, 1.82) is 0 Å². The third-order valence-corrected chi connectivity index (χ3v) is 6.44. The number of fused-ring (bicyclic) bond motifs is 5. The number of benzene rings is 1. The molecule has 0 aromatic heterocycles. The van der Waals surface area contributed by atoms with E-state index in [2.05, 4.69) is 45.5 Å². The zero-order chi connectivity index (χ0) is 12.8. The fraction of sp³-hybridized carbons (Fsp3) is 0.647. The number of hydrogen-bond acceptors (Lipinski definition) is 1. The molecule has 0 saturated heterocycles. The molecule has 1 nitrogen and oxygen atoms in total. The van der Waals surface area contributed by atoms with E-state index in [4.69, 9.17) is 0 Å². The van der Waals surface area contributed by atoms with E-state index in [9.17, 15) is 0 Å². The Morgan fingerprint density at radius 2 is 1.79 bits per heavy atom. The lowest BCUT2D eigenvalue weighted by atomic mass is 9.79. The summed E-state index contributed by atoms with van der Waals surface area (Å²) in [6.45, 7) is 1.04. The fourth-order valence-electron chi connectivity index (χ4n) is 5.15. The second-order valence-electron chi connectivity index (χ2n) is 6.77. The highest BCUT2D eigenvalue weighted by Crippen LogP contribution is 2.58. The molecule has 0 heterocycles. The van der Waals surface area contributed by atoms with Gasteiger partial charge in [-0.2, -0.15) is 0 Å². The number of hydrogen-bond donors (Lipinski definition) is 1. The zero-order valence-electron chi connectivity index (χ0n) is 11.3. The Morgan fingerprint density at radius 3 is 2.63 bits per heavy atom. The van der Waals surface area contributed by atoms with Gasteiger partial charge in [-0.05, 0) is 67.1 Å². The highest BCUT2D eigenvalue weighted by Gasteiger charge is 2.53. The quantitative estimate of drug-likeness (QED) is 0.872. The summed E-state index contributed by atoms with van der Waals surface area (Å²) in [6.07, 6.45) is 7.52. The van der Waals surface area contributed by atoms with Gasteiger partial charge in [0, 0.05) is 17.1 Å². The van der Waals surface area contributed by atoms with Crippen molar-refractivity contribution in [3.63, 3.8) is 0 Å². The first-order valence-electron chi connectivity index (χ1n) is 7.79. The van der Waals surface area contributed by atoms with Gasteiger partial charge in [-0.3, -0.25) is 0 Å². The van der Waals surface area contributed by atoms with Crippen LogP contribution < -0.4 is 5.32 Å². The van der Waals surface area contributed by atoms with Crippen LogP contribution in [0.3, 0.4) is 0 Å². The maximum absolute atomic E-state index is 3.85. The maximum atomic E-state index is 3.85. The van der Waals surface area contributed by atoms with Gasteiger partial charge in [-0.25, -0.2) is 0 Å². The van der Waals surface area contributed by atoms with E-state index in [1.807, 2.05) is 0 Å². The Kier molecular flexibility index (Phi) is 3.19. The fourth-order valence-corrected chi connectivity index (χ4v) is 5.42. The lowest BCUT2D eigenvalue weighted by Crippen LogP contribution is -2.38. The average molecular weight is 320 g/mol. The molecule has 3 aliphatic rings. The molecular formula is C17H22BrN. The first-order valence-corrected chi connectivity index (χ1v) is 8.58. The topological polar surface area (TPSA) is 12.0 Å². The summed E-state index contributed by atoms with van der Waals surface area (Å²) in [5.41, 5.74) is 1.41. The standard InChI is InChI=1S/C17H22BrN/c18-13-6-4-11(5-7-13)10-19-17-9-12-8-16(17)15-3-1-2-14(12)15/h4-7,12,14-17,19H,1-3,8-10H2. The highest BCUT2D eigenvalue weighted by molar-refractivity contribution is 9.10. The molecular weight excluding hydrogens is 298 g/mol. The Morgan fingerprint density at radius 1 is 1.00 bits per heavy atom. The molecule has 2 heteroatoms. The third-order valence-electron chi connectivity index (χ3n) is 5.91. The number of halogens is 1. The van der Waals surface area contributed by atoms with Crippen molar-refractivity contribution in [2.45, 2.75) is 44.7 Å². The van der Waals surface area contributed by atoms with Crippen molar-refractivity contribution in [3.8, 4) is 0 Å². The van der Waals surface area contributed by atoms with Crippen LogP contribution in [0, 0.1) is 23.7 Å². The minimum atomic E-state index is 0.799. The molecule has 4 rings (SSSR count). The molecule has 0 aliphatic heterocycles. The molecule has 5 unspecified atom stereocenters. The van der Waals surface area contributed by atoms with Crippen LogP contribution >= 0.6 is 15.9 Å². The summed E-state index contributed by atoms with van der Waals surface area (Å²) in [6, 6.07) is 9.54. The molecule has 2 bridgehead atoms. The van der Waals surface area contributed by atoms with Gasteiger partial charge in [-0.1, -0.05) is 34.5 Å². The molecule has 1 aromatic carbocycles. The van der Waals surface area contributed by atoms with Crippen LogP contribution in [-0.2, 0) is 6.54 Å². The van der Waals surface area contributed by atoms with E-state index in [0.29, 0.717) is 0 Å². The van der Waals surface area contributed by atoms with E-state index in [1.165, 1.54) is 42.1 Å². The number of nitrogens with one attached hydrogen (secondary N) is 1. The molecule has 5 atom stereocenters.